The molecule has 7 heteroatoms. The number of benzene rings is 1. The summed E-state index contributed by atoms with van der Waals surface area (Å²) in [6.07, 6.45) is 0.874. The van der Waals surface area contributed by atoms with E-state index < -0.39 is 0 Å². The molecule has 0 amide bonds. The highest BCUT2D eigenvalue weighted by atomic mass is 16.5. The van der Waals surface area contributed by atoms with E-state index in [-0.39, 0.29) is 6.01 Å². The zero-order chi connectivity index (χ0) is 18.7. The topological polar surface area (TPSA) is 88.3 Å². The number of rotatable bonds is 7. The number of nitrogens with zero attached hydrogens (tertiary/aromatic N) is 3. The standard InChI is InChI=1S/C19H24N6O/c1-5-10-26-19-23-17(20)16-18(24-19)25(13(3)22-16)11-14-6-8-15(9-7-14)12(2)21-4/h6-9,21-22H,2-3,5,10-11H2,1,4H3,(H2,20,23,24). The molecule has 0 atom stereocenters. The van der Waals surface area contributed by atoms with E-state index in [4.69, 9.17) is 10.5 Å². The van der Waals surface area contributed by atoms with Crippen molar-refractivity contribution in [2.24, 2.45) is 0 Å². The van der Waals surface area contributed by atoms with Crippen LogP contribution >= 0.6 is 0 Å². The summed E-state index contributed by atoms with van der Waals surface area (Å²) in [5.41, 5.74) is 9.77. The van der Waals surface area contributed by atoms with Gasteiger partial charge in [0.2, 0.25) is 0 Å². The Morgan fingerprint density at radius 3 is 2.69 bits per heavy atom. The Bertz CT molecular complexity index is 831. The fourth-order valence-electron chi connectivity index (χ4n) is 2.67. The van der Waals surface area contributed by atoms with Crippen LogP contribution in [0.1, 0.15) is 24.5 Å². The molecule has 1 aliphatic heterocycles. The van der Waals surface area contributed by atoms with Gasteiger partial charge < -0.3 is 26.0 Å². The van der Waals surface area contributed by atoms with Gasteiger partial charge >= 0.3 is 6.01 Å². The van der Waals surface area contributed by atoms with Gasteiger partial charge in [-0.2, -0.15) is 9.97 Å². The number of hydrogen-bond donors (Lipinski definition) is 3. The maximum atomic E-state index is 6.05. The molecule has 7 nitrogen and oxygen atoms in total. The fraction of sp³-hybridized carbons (Fsp3) is 0.263. The largest absolute Gasteiger partial charge is 0.463 e. The molecule has 0 unspecified atom stereocenters. The Morgan fingerprint density at radius 2 is 2.04 bits per heavy atom. The number of hydrogen-bond acceptors (Lipinski definition) is 7. The Kier molecular flexibility index (Phi) is 4.97. The van der Waals surface area contributed by atoms with Crippen LogP contribution in [0.2, 0.25) is 0 Å². The molecule has 0 bridgehead atoms. The first kappa shape index (κ1) is 17.6. The molecule has 2 aromatic rings. The van der Waals surface area contributed by atoms with Crippen LogP contribution in [0.15, 0.2) is 43.2 Å². The van der Waals surface area contributed by atoms with Crippen molar-refractivity contribution in [2.75, 3.05) is 29.6 Å². The predicted molar refractivity (Wildman–Crippen MR) is 106 cm³/mol. The van der Waals surface area contributed by atoms with Gasteiger partial charge in [-0.25, -0.2) is 0 Å². The lowest BCUT2D eigenvalue weighted by atomic mass is 10.1. The Hall–Kier alpha value is -3.22. The molecule has 0 aliphatic carbocycles. The number of ether oxygens (including phenoxy) is 1. The maximum Gasteiger partial charge on any atom is 0.320 e. The highest BCUT2D eigenvalue weighted by Gasteiger charge is 2.28. The van der Waals surface area contributed by atoms with Crippen LogP contribution in [-0.2, 0) is 6.54 Å². The quantitative estimate of drug-likeness (QED) is 0.706. The predicted octanol–water partition coefficient (Wildman–Crippen LogP) is 2.94. The minimum absolute atomic E-state index is 0.283. The van der Waals surface area contributed by atoms with Crippen LogP contribution < -0.4 is 26.0 Å². The summed E-state index contributed by atoms with van der Waals surface area (Å²) >= 11 is 0. The Labute approximate surface area is 153 Å². The van der Waals surface area contributed by atoms with Gasteiger partial charge in [0.1, 0.15) is 11.5 Å². The average molecular weight is 352 g/mol. The van der Waals surface area contributed by atoms with Crippen LogP contribution in [0.4, 0.5) is 17.3 Å². The third kappa shape index (κ3) is 3.42. The van der Waals surface area contributed by atoms with Crippen molar-refractivity contribution in [3.63, 3.8) is 0 Å². The van der Waals surface area contributed by atoms with E-state index in [1.165, 1.54) is 0 Å². The van der Waals surface area contributed by atoms with Crippen molar-refractivity contribution < 1.29 is 4.74 Å². The second-order valence-corrected chi connectivity index (χ2v) is 6.02. The lowest BCUT2D eigenvalue weighted by Gasteiger charge is -2.19. The third-order valence-corrected chi connectivity index (χ3v) is 4.13. The molecule has 1 aliphatic rings. The van der Waals surface area contributed by atoms with Gasteiger partial charge in [0.15, 0.2) is 11.6 Å². The van der Waals surface area contributed by atoms with Gasteiger partial charge in [-0.1, -0.05) is 44.3 Å². The molecular formula is C19H24N6O. The Balaban J connectivity index is 1.84. The highest BCUT2D eigenvalue weighted by Crippen LogP contribution is 2.39. The molecule has 136 valence electrons. The summed E-state index contributed by atoms with van der Waals surface area (Å²) in [4.78, 5) is 10.7. The fourth-order valence-corrected chi connectivity index (χ4v) is 2.67. The summed E-state index contributed by atoms with van der Waals surface area (Å²) in [7, 11) is 1.86. The van der Waals surface area contributed by atoms with E-state index in [0.717, 1.165) is 23.2 Å². The Morgan fingerprint density at radius 1 is 1.31 bits per heavy atom. The lowest BCUT2D eigenvalue weighted by Crippen LogP contribution is -2.20. The van der Waals surface area contributed by atoms with Crippen molar-refractivity contribution in [2.45, 2.75) is 19.9 Å². The summed E-state index contributed by atoms with van der Waals surface area (Å²) in [5, 5.41) is 6.21. The van der Waals surface area contributed by atoms with Crippen molar-refractivity contribution in [1.82, 2.24) is 15.3 Å². The minimum Gasteiger partial charge on any atom is -0.463 e. The molecular weight excluding hydrogens is 328 g/mol. The first-order chi connectivity index (χ1) is 12.5. The second-order valence-electron chi connectivity index (χ2n) is 6.02. The van der Waals surface area contributed by atoms with E-state index in [0.29, 0.717) is 36.3 Å². The molecule has 0 fully saturated rings. The highest BCUT2D eigenvalue weighted by molar-refractivity contribution is 5.85. The van der Waals surface area contributed by atoms with Crippen molar-refractivity contribution in [1.29, 1.82) is 0 Å². The average Bonchev–Trinajstić information content (AvgIpc) is 2.96. The number of anilines is 3. The van der Waals surface area contributed by atoms with E-state index in [2.05, 4.69) is 45.9 Å². The molecule has 0 spiro atoms. The van der Waals surface area contributed by atoms with Gasteiger partial charge in [0.05, 0.1) is 13.2 Å². The van der Waals surface area contributed by atoms with Gasteiger partial charge in [0, 0.05) is 12.7 Å². The van der Waals surface area contributed by atoms with Crippen molar-refractivity contribution >= 4 is 23.0 Å². The molecule has 0 saturated carbocycles. The third-order valence-electron chi connectivity index (χ3n) is 4.13. The molecule has 3 rings (SSSR count). The summed E-state index contributed by atoms with van der Waals surface area (Å²) in [6, 6.07) is 8.46. The van der Waals surface area contributed by atoms with Gasteiger partial charge in [-0.05, 0) is 17.5 Å². The van der Waals surface area contributed by atoms with Crippen molar-refractivity contribution in [3.05, 3.63) is 54.4 Å². The molecule has 26 heavy (non-hydrogen) atoms. The summed E-state index contributed by atoms with van der Waals surface area (Å²) in [6.45, 7) is 11.2. The number of nitrogens with two attached hydrogens (primary N) is 1. The molecule has 0 radical (unpaired) electrons. The zero-order valence-corrected chi connectivity index (χ0v) is 15.2. The van der Waals surface area contributed by atoms with E-state index in [1.807, 2.05) is 31.0 Å². The monoisotopic (exact) mass is 352 g/mol. The molecule has 0 saturated heterocycles. The first-order valence-electron chi connectivity index (χ1n) is 8.53. The van der Waals surface area contributed by atoms with Crippen LogP contribution in [0, 0.1) is 0 Å². The van der Waals surface area contributed by atoms with Crippen LogP contribution in [0.5, 0.6) is 6.01 Å². The van der Waals surface area contributed by atoms with E-state index >= 15 is 0 Å². The van der Waals surface area contributed by atoms with Gasteiger partial charge in [-0.15, -0.1) is 0 Å². The SMILES string of the molecule is C=C(NC)c1ccc(CN2C(=C)Nc3c(N)nc(OCCC)nc32)cc1. The molecule has 2 heterocycles. The number of nitrogen functional groups attached to an aromatic ring is 1. The molecule has 4 N–H and O–H groups in total. The number of fused-ring (bicyclic) bond motifs is 1. The normalized spacial score (nSPS) is 12.5. The smallest absolute Gasteiger partial charge is 0.320 e. The number of nitrogens with one attached hydrogen (secondary N) is 2. The first-order valence-corrected chi connectivity index (χ1v) is 8.53. The van der Waals surface area contributed by atoms with Gasteiger partial charge in [-0.3, -0.25) is 0 Å². The minimum atomic E-state index is 0.283. The van der Waals surface area contributed by atoms with E-state index in [1.54, 1.807) is 0 Å². The second kappa shape index (κ2) is 7.35. The zero-order valence-electron chi connectivity index (χ0n) is 15.2. The molecule has 1 aromatic heterocycles. The molecule has 1 aromatic carbocycles. The van der Waals surface area contributed by atoms with Crippen LogP contribution in [-0.4, -0.2) is 23.6 Å². The lowest BCUT2D eigenvalue weighted by molar-refractivity contribution is 0.293. The van der Waals surface area contributed by atoms with Crippen LogP contribution in [0.25, 0.3) is 5.70 Å². The summed E-state index contributed by atoms with van der Waals surface area (Å²) < 4.78 is 5.55. The maximum absolute atomic E-state index is 6.05. The number of aromatic nitrogens is 2. The van der Waals surface area contributed by atoms with Crippen molar-refractivity contribution in [3.8, 4) is 6.01 Å². The van der Waals surface area contributed by atoms with Gasteiger partial charge in [0.25, 0.3) is 0 Å². The van der Waals surface area contributed by atoms with Crippen LogP contribution in [0.3, 0.4) is 0 Å². The summed E-state index contributed by atoms with van der Waals surface area (Å²) in [5.74, 6) is 1.74. The van der Waals surface area contributed by atoms with E-state index in [9.17, 15) is 0 Å².